The average molecular weight is 194 g/mol. The topological polar surface area (TPSA) is 63.8 Å². The van der Waals surface area contributed by atoms with E-state index in [4.69, 9.17) is 5.73 Å². The molecule has 0 bridgehead atoms. The van der Waals surface area contributed by atoms with Gasteiger partial charge in [0.25, 0.3) is 0 Å². The lowest BCUT2D eigenvalue weighted by Crippen LogP contribution is -2.39. The van der Waals surface area contributed by atoms with Gasteiger partial charge < -0.3 is 11.1 Å². The number of anilines is 1. The maximum absolute atomic E-state index is 5.63. The van der Waals surface area contributed by atoms with Crippen LogP contribution in [-0.2, 0) is 0 Å². The predicted octanol–water partition coefficient (Wildman–Crippen LogP) is 1.24. The summed E-state index contributed by atoms with van der Waals surface area (Å²) in [6.45, 7) is 8.49. The molecule has 4 nitrogen and oxygen atoms in total. The molecule has 0 saturated heterocycles. The molecule has 0 aliphatic carbocycles. The first-order chi connectivity index (χ1) is 6.44. The lowest BCUT2D eigenvalue weighted by atomic mass is 10.1. The Morgan fingerprint density at radius 3 is 2.64 bits per heavy atom. The highest BCUT2D eigenvalue weighted by Crippen LogP contribution is 2.14. The van der Waals surface area contributed by atoms with E-state index < -0.39 is 0 Å². The van der Waals surface area contributed by atoms with E-state index >= 15 is 0 Å². The summed E-state index contributed by atoms with van der Waals surface area (Å²) in [6.07, 6.45) is 1.76. The molecule has 1 aromatic rings. The molecule has 0 atom stereocenters. The zero-order valence-corrected chi connectivity index (χ0v) is 9.26. The summed E-state index contributed by atoms with van der Waals surface area (Å²) < 4.78 is 0. The van der Waals surface area contributed by atoms with Gasteiger partial charge in [0.2, 0.25) is 0 Å². The Balaban J connectivity index is 2.91. The third-order valence-electron chi connectivity index (χ3n) is 2.04. The van der Waals surface area contributed by atoms with Crippen molar-refractivity contribution in [2.24, 2.45) is 5.73 Å². The van der Waals surface area contributed by atoms with Crippen LogP contribution in [0.25, 0.3) is 0 Å². The molecule has 0 unspecified atom stereocenters. The number of aromatic nitrogens is 2. The highest BCUT2D eigenvalue weighted by atomic mass is 15.1. The van der Waals surface area contributed by atoms with E-state index in [1.807, 2.05) is 27.7 Å². The van der Waals surface area contributed by atoms with Crippen molar-refractivity contribution in [3.8, 4) is 0 Å². The van der Waals surface area contributed by atoms with Crippen molar-refractivity contribution in [2.75, 3.05) is 11.9 Å². The molecule has 78 valence electrons. The van der Waals surface area contributed by atoms with E-state index in [2.05, 4.69) is 15.3 Å². The minimum absolute atomic E-state index is 0.146. The maximum atomic E-state index is 5.63. The van der Waals surface area contributed by atoms with Crippen LogP contribution >= 0.6 is 0 Å². The number of nitrogens with one attached hydrogen (secondary N) is 1. The summed E-state index contributed by atoms with van der Waals surface area (Å²) in [7, 11) is 0. The summed E-state index contributed by atoms with van der Waals surface area (Å²) in [5.74, 6) is 0.820. The van der Waals surface area contributed by atoms with Gasteiger partial charge in [0, 0.05) is 18.3 Å². The van der Waals surface area contributed by atoms with Gasteiger partial charge in [-0.15, -0.1) is 0 Å². The highest BCUT2D eigenvalue weighted by Gasteiger charge is 2.16. The molecule has 1 heterocycles. The predicted molar refractivity (Wildman–Crippen MR) is 58.3 cm³/mol. The van der Waals surface area contributed by atoms with Crippen molar-refractivity contribution in [3.05, 3.63) is 17.6 Å². The van der Waals surface area contributed by atoms with Crippen LogP contribution in [-0.4, -0.2) is 22.1 Å². The van der Waals surface area contributed by atoms with E-state index in [0.717, 1.165) is 17.2 Å². The van der Waals surface area contributed by atoms with Gasteiger partial charge in [-0.2, -0.15) is 0 Å². The fourth-order valence-corrected chi connectivity index (χ4v) is 1.03. The number of hydrogen-bond acceptors (Lipinski definition) is 4. The first kappa shape index (κ1) is 10.9. The van der Waals surface area contributed by atoms with E-state index in [1.165, 1.54) is 0 Å². The highest BCUT2D eigenvalue weighted by molar-refractivity contribution is 5.42. The zero-order chi connectivity index (χ0) is 10.8. The molecule has 1 aromatic heterocycles. The molecule has 14 heavy (non-hydrogen) atoms. The molecule has 0 fully saturated rings. The third kappa shape index (κ3) is 2.67. The van der Waals surface area contributed by atoms with Gasteiger partial charge in [0.15, 0.2) is 0 Å². The quantitative estimate of drug-likeness (QED) is 0.760. The van der Waals surface area contributed by atoms with Crippen LogP contribution in [0, 0.1) is 13.8 Å². The van der Waals surface area contributed by atoms with Gasteiger partial charge in [0.1, 0.15) is 5.82 Å². The second-order valence-corrected chi connectivity index (χ2v) is 4.16. The molecule has 0 spiro atoms. The van der Waals surface area contributed by atoms with Crippen LogP contribution in [0.4, 0.5) is 5.82 Å². The summed E-state index contributed by atoms with van der Waals surface area (Å²) in [6, 6.07) is 0. The first-order valence-corrected chi connectivity index (χ1v) is 4.73. The molecular formula is C10H18N4. The van der Waals surface area contributed by atoms with Crippen molar-refractivity contribution in [3.63, 3.8) is 0 Å². The van der Waals surface area contributed by atoms with Crippen molar-refractivity contribution in [2.45, 2.75) is 33.2 Å². The lowest BCUT2D eigenvalue weighted by molar-refractivity contribution is 0.575. The number of aryl methyl sites for hydroxylation is 2. The molecule has 0 radical (unpaired) electrons. The van der Waals surface area contributed by atoms with Gasteiger partial charge >= 0.3 is 0 Å². The van der Waals surface area contributed by atoms with Gasteiger partial charge in [-0.25, -0.2) is 4.98 Å². The Morgan fingerprint density at radius 2 is 2.07 bits per heavy atom. The molecule has 3 N–H and O–H groups in total. The standard InChI is InChI=1S/C10H18N4/c1-7-5-12-8(2)9(13-7)14-10(3,4)6-11/h5H,6,11H2,1-4H3,(H,13,14). The molecule has 0 aromatic carbocycles. The van der Waals surface area contributed by atoms with E-state index in [-0.39, 0.29) is 5.54 Å². The summed E-state index contributed by atoms with van der Waals surface area (Å²) in [4.78, 5) is 8.61. The first-order valence-electron chi connectivity index (χ1n) is 4.73. The third-order valence-corrected chi connectivity index (χ3v) is 2.04. The molecule has 4 heteroatoms. The fraction of sp³-hybridized carbons (Fsp3) is 0.600. The summed E-state index contributed by atoms with van der Waals surface area (Å²) in [5, 5.41) is 3.28. The van der Waals surface area contributed by atoms with Crippen molar-refractivity contribution < 1.29 is 0 Å². The van der Waals surface area contributed by atoms with Gasteiger partial charge in [-0.3, -0.25) is 4.98 Å². The minimum Gasteiger partial charge on any atom is -0.362 e. The zero-order valence-electron chi connectivity index (χ0n) is 9.26. The second kappa shape index (κ2) is 3.92. The Labute approximate surface area is 85.0 Å². The Bertz CT molecular complexity index is 320. The van der Waals surface area contributed by atoms with Crippen molar-refractivity contribution in [1.29, 1.82) is 0 Å². The molecular weight excluding hydrogens is 176 g/mol. The van der Waals surface area contributed by atoms with Crippen molar-refractivity contribution >= 4 is 5.82 Å². The Kier molecular flexibility index (Phi) is 3.06. The van der Waals surface area contributed by atoms with Gasteiger partial charge in [0.05, 0.1) is 11.4 Å². The number of nitrogens with zero attached hydrogens (tertiary/aromatic N) is 2. The largest absolute Gasteiger partial charge is 0.362 e. The molecule has 0 amide bonds. The van der Waals surface area contributed by atoms with E-state index in [9.17, 15) is 0 Å². The molecule has 0 aliphatic rings. The van der Waals surface area contributed by atoms with Crippen LogP contribution in [0.3, 0.4) is 0 Å². The van der Waals surface area contributed by atoms with Gasteiger partial charge in [-0.1, -0.05) is 0 Å². The second-order valence-electron chi connectivity index (χ2n) is 4.16. The number of rotatable bonds is 3. The minimum atomic E-state index is -0.146. The summed E-state index contributed by atoms with van der Waals surface area (Å²) in [5.41, 5.74) is 7.29. The monoisotopic (exact) mass is 194 g/mol. The normalized spacial score (nSPS) is 11.5. The molecule has 0 saturated carbocycles. The van der Waals surface area contributed by atoms with E-state index in [0.29, 0.717) is 6.54 Å². The van der Waals surface area contributed by atoms with Crippen molar-refractivity contribution in [1.82, 2.24) is 9.97 Å². The molecule has 1 rings (SSSR count). The van der Waals surface area contributed by atoms with Crippen LogP contribution in [0.15, 0.2) is 6.20 Å². The van der Waals surface area contributed by atoms with Crippen LogP contribution < -0.4 is 11.1 Å². The molecule has 0 aliphatic heterocycles. The Morgan fingerprint density at radius 1 is 1.43 bits per heavy atom. The van der Waals surface area contributed by atoms with Gasteiger partial charge in [-0.05, 0) is 27.7 Å². The lowest BCUT2D eigenvalue weighted by Gasteiger charge is -2.25. The van der Waals surface area contributed by atoms with Crippen LogP contribution in [0.2, 0.25) is 0 Å². The number of hydrogen-bond donors (Lipinski definition) is 2. The smallest absolute Gasteiger partial charge is 0.148 e. The maximum Gasteiger partial charge on any atom is 0.148 e. The summed E-state index contributed by atoms with van der Waals surface area (Å²) >= 11 is 0. The number of nitrogens with two attached hydrogens (primary N) is 1. The average Bonchev–Trinajstić information content (AvgIpc) is 2.11. The van der Waals surface area contributed by atoms with Crippen LogP contribution in [0.5, 0.6) is 0 Å². The SMILES string of the molecule is Cc1cnc(C)c(NC(C)(C)CN)n1. The van der Waals surface area contributed by atoms with E-state index in [1.54, 1.807) is 6.20 Å². The fourth-order valence-electron chi connectivity index (χ4n) is 1.03. The van der Waals surface area contributed by atoms with Crippen LogP contribution in [0.1, 0.15) is 25.2 Å². The Hall–Kier alpha value is -1.16.